The van der Waals surface area contributed by atoms with Gasteiger partial charge < -0.3 is 18.8 Å². The molecular weight excluding hydrogens is 426 g/mol. The van der Waals surface area contributed by atoms with Crippen molar-refractivity contribution in [1.82, 2.24) is 4.57 Å². The highest BCUT2D eigenvalue weighted by molar-refractivity contribution is 6.16. The Morgan fingerprint density at radius 2 is 1.71 bits per heavy atom. The zero-order valence-corrected chi connectivity index (χ0v) is 19.4. The number of aromatic nitrogens is 1. The summed E-state index contributed by atoms with van der Waals surface area (Å²) in [5.74, 6) is 2.03. The van der Waals surface area contributed by atoms with Crippen LogP contribution < -0.4 is 9.47 Å². The molecule has 1 fully saturated rings. The molecule has 0 N–H and O–H groups in total. The van der Waals surface area contributed by atoms with E-state index in [1.807, 2.05) is 72.9 Å². The minimum absolute atomic E-state index is 0.00131. The monoisotopic (exact) mass is 455 g/mol. The summed E-state index contributed by atoms with van der Waals surface area (Å²) in [7, 11) is 1.62. The molecule has 0 amide bonds. The van der Waals surface area contributed by atoms with Gasteiger partial charge in [-0.3, -0.25) is 4.79 Å². The van der Waals surface area contributed by atoms with Crippen molar-refractivity contribution < 1.29 is 19.0 Å². The lowest BCUT2D eigenvalue weighted by molar-refractivity contribution is 0.0616. The molecule has 5 rings (SSSR count). The van der Waals surface area contributed by atoms with E-state index in [1.165, 1.54) is 0 Å². The second-order valence-electron chi connectivity index (χ2n) is 8.76. The van der Waals surface area contributed by atoms with Crippen LogP contribution in [0, 0.1) is 5.92 Å². The van der Waals surface area contributed by atoms with Crippen molar-refractivity contribution in [3.8, 4) is 11.5 Å². The predicted octanol–water partition coefficient (Wildman–Crippen LogP) is 5.89. The molecule has 4 aromatic rings. The first-order valence-electron chi connectivity index (χ1n) is 11.8. The predicted molar refractivity (Wildman–Crippen MR) is 133 cm³/mol. The number of benzene rings is 3. The molecule has 0 saturated carbocycles. The average molecular weight is 456 g/mol. The second-order valence-corrected chi connectivity index (χ2v) is 8.76. The fourth-order valence-corrected chi connectivity index (χ4v) is 4.54. The van der Waals surface area contributed by atoms with Gasteiger partial charge in [0.05, 0.1) is 7.11 Å². The summed E-state index contributed by atoms with van der Waals surface area (Å²) in [5.41, 5.74) is 3.49. The third-order valence-corrected chi connectivity index (χ3v) is 6.49. The Hall–Kier alpha value is -3.57. The van der Waals surface area contributed by atoms with Gasteiger partial charge in [-0.25, -0.2) is 0 Å². The highest BCUT2D eigenvalue weighted by atomic mass is 16.5. The van der Waals surface area contributed by atoms with E-state index in [9.17, 15) is 4.79 Å². The first-order chi connectivity index (χ1) is 16.7. The third-order valence-electron chi connectivity index (χ3n) is 6.49. The van der Waals surface area contributed by atoms with Gasteiger partial charge in [0.2, 0.25) is 0 Å². The molecule has 3 aromatic carbocycles. The number of fused-ring (bicyclic) bond motifs is 1. The number of carbonyl (C=O) groups is 1. The van der Waals surface area contributed by atoms with Crippen LogP contribution in [0.4, 0.5) is 0 Å². The molecule has 1 saturated heterocycles. The maximum Gasteiger partial charge on any atom is 0.195 e. The highest BCUT2D eigenvalue weighted by Crippen LogP contribution is 2.30. The number of ether oxygens (including phenoxy) is 3. The number of rotatable bonds is 8. The lowest BCUT2D eigenvalue weighted by atomic mass is 10.0. The quantitative estimate of drug-likeness (QED) is 0.311. The Balaban J connectivity index is 1.48. The molecular formula is C29H29NO4. The van der Waals surface area contributed by atoms with Gasteiger partial charge in [0, 0.05) is 48.0 Å². The molecule has 34 heavy (non-hydrogen) atoms. The molecule has 1 aliphatic heterocycles. The molecule has 0 aliphatic carbocycles. The smallest absolute Gasteiger partial charge is 0.195 e. The number of carbonyl (C=O) groups excluding carboxylic acids is 1. The van der Waals surface area contributed by atoms with E-state index in [4.69, 9.17) is 14.2 Å². The Labute approximate surface area is 199 Å². The van der Waals surface area contributed by atoms with Crippen LogP contribution >= 0.6 is 0 Å². The second kappa shape index (κ2) is 10.1. The van der Waals surface area contributed by atoms with Crippen molar-refractivity contribution in [1.29, 1.82) is 0 Å². The molecule has 174 valence electrons. The van der Waals surface area contributed by atoms with Crippen LogP contribution in [0.1, 0.15) is 34.3 Å². The minimum Gasteiger partial charge on any atom is -0.497 e. The van der Waals surface area contributed by atoms with Crippen molar-refractivity contribution in [2.45, 2.75) is 26.0 Å². The van der Waals surface area contributed by atoms with Gasteiger partial charge in [0.25, 0.3) is 0 Å². The van der Waals surface area contributed by atoms with Gasteiger partial charge >= 0.3 is 0 Å². The summed E-state index contributed by atoms with van der Waals surface area (Å²) in [6.45, 7) is 2.97. The fraction of sp³-hybridized carbons (Fsp3) is 0.276. The first kappa shape index (κ1) is 22.2. The van der Waals surface area contributed by atoms with Gasteiger partial charge in [-0.15, -0.1) is 0 Å². The molecule has 1 aliphatic rings. The summed E-state index contributed by atoms with van der Waals surface area (Å²) in [4.78, 5) is 13.5. The first-order valence-corrected chi connectivity index (χ1v) is 11.8. The summed E-state index contributed by atoms with van der Waals surface area (Å²) < 4.78 is 19.1. The Kier molecular flexibility index (Phi) is 6.63. The van der Waals surface area contributed by atoms with Crippen LogP contribution in [-0.4, -0.2) is 30.7 Å². The molecule has 0 unspecified atom stereocenters. The highest BCUT2D eigenvalue weighted by Gasteiger charge is 2.21. The topological polar surface area (TPSA) is 49.7 Å². The van der Waals surface area contributed by atoms with Crippen molar-refractivity contribution >= 4 is 16.7 Å². The van der Waals surface area contributed by atoms with E-state index in [0.717, 1.165) is 60.6 Å². The summed E-state index contributed by atoms with van der Waals surface area (Å²) in [6, 6.07) is 23.4. The van der Waals surface area contributed by atoms with Gasteiger partial charge in [-0.2, -0.15) is 0 Å². The number of hydrogen-bond acceptors (Lipinski definition) is 4. The standard InChI is InChI=1S/C29H29NO4/c1-32-24-9-7-23(8-10-24)29(31)27-19-30(18-21-13-15-33-16-14-21)28-12-11-25(17-26(27)28)34-20-22-5-3-2-4-6-22/h2-12,17,19,21H,13-16,18,20H2,1H3. The fourth-order valence-electron chi connectivity index (χ4n) is 4.54. The van der Waals surface area contributed by atoms with E-state index in [-0.39, 0.29) is 5.78 Å². The molecule has 0 bridgehead atoms. The Morgan fingerprint density at radius 3 is 2.44 bits per heavy atom. The van der Waals surface area contributed by atoms with Crippen molar-refractivity contribution in [3.63, 3.8) is 0 Å². The van der Waals surface area contributed by atoms with Gasteiger partial charge in [0.15, 0.2) is 5.78 Å². The summed E-state index contributed by atoms with van der Waals surface area (Å²) in [5, 5.41) is 0.915. The zero-order chi connectivity index (χ0) is 23.3. The van der Waals surface area contributed by atoms with Crippen molar-refractivity contribution in [2.24, 2.45) is 5.92 Å². The van der Waals surface area contributed by atoms with Crippen LogP contribution in [0.3, 0.4) is 0 Å². The van der Waals surface area contributed by atoms with Gasteiger partial charge in [-0.05, 0) is 66.8 Å². The van der Waals surface area contributed by atoms with Crippen LogP contribution in [0.5, 0.6) is 11.5 Å². The van der Waals surface area contributed by atoms with Gasteiger partial charge in [0.1, 0.15) is 18.1 Å². The molecule has 0 spiro atoms. The number of hydrogen-bond donors (Lipinski definition) is 0. The van der Waals surface area contributed by atoms with Crippen LogP contribution in [0.15, 0.2) is 79.0 Å². The SMILES string of the molecule is COc1ccc(C(=O)c2cn(CC3CCOCC3)c3ccc(OCc4ccccc4)cc23)cc1. The van der Waals surface area contributed by atoms with Crippen LogP contribution in [0.2, 0.25) is 0 Å². The molecule has 5 nitrogen and oxygen atoms in total. The Bertz CT molecular complexity index is 1250. The molecule has 5 heteroatoms. The van der Waals surface area contributed by atoms with E-state index < -0.39 is 0 Å². The van der Waals surface area contributed by atoms with Crippen LogP contribution in [0.25, 0.3) is 10.9 Å². The Morgan fingerprint density at radius 1 is 0.971 bits per heavy atom. The maximum atomic E-state index is 13.5. The average Bonchev–Trinajstić information content (AvgIpc) is 3.25. The number of ketones is 1. The number of nitrogens with zero attached hydrogens (tertiary/aromatic N) is 1. The molecule has 2 heterocycles. The van der Waals surface area contributed by atoms with E-state index in [2.05, 4.69) is 10.6 Å². The number of methoxy groups -OCH3 is 1. The van der Waals surface area contributed by atoms with Crippen molar-refractivity contribution in [2.75, 3.05) is 20.3 Å². The zero-order valence-electron chi connectivity index (χ0n) is 19.4. The van der Waals surface area contributed by atoms with E-state index in [0.29, 0.717) is 23.7 Å². The van der Waals surface area contributed by atoms with E-state index in [1.54, 1.807) is 7.11 Å². The normalized spacial score (nSPS) is 14.3. The summed E-state index contributed by atoms with van der Waals surface area (Å²) in [6.07, 6.45) is 4.09. The van der Waals surface area contributed by atoms with Crippen LogP contribution in [-0.2, 0) is 17.9 Å². The van der Waals surface area contributed by atoms with Crippen molar-refractivity contribution in [3.05, 3.63) is 95.7 Å². The molecule has 1 aromatic heterocycles. The largest absolute Gasteiger partial charge is 0.497 e. The third kappa shape index (κ3) is 4.85. The lowest BCUT2D eigenvalue weighted by Crippen LogP contribution is -2.20. The maximum absolute atomic E-state index is 13.5. The van der Waals surface area contributed by atoms with Gasteiger partial charge in [-0.1, -0.05) is 30.3 Å². The lowest BCUT2D eigenvalue weighted by Gasteiger charge is -2.22. The molecule has 0 atom stereocenters. The minimum atomic E-state index is -0.00131. The summed E-state index contributed by atoms with van der Waals surface area (Å²) >= 11 is 0. The van der Waals surface area contributed by atoms with E-state index >= 15 is 0 Å². The molecule has 0 radical (unpaired) electrons.